The summed E-state index contributed by atoms with van der Waals surface area (Å²) < 4.78 is 0. The van der Waals surface area contributed by atoms with Crippen molar-refractivity contribution in [3.63, 3.8) is 0 Å². The number of nitrogens with one attached hydrogen (secondary N) is 5. The van der Waals surface area contributed by atoms with Gasteiger partial charge in [-0.05, 0) is 6.42 Å². The average Bonchev–Trinajstić information content (AvgIpc) is 2.77. The zero-order chi connectivity index (χ0) is 24.6. The minimum atomic E-state index is -0.633. The molecule has 15 heteroatoms. The molecule has 6 N–H and O–H groups in total. The van der Waals surface area contributed by atoms with E-state index in [1.54, 1.807) is 0 Å². The molecule has 0 aromatic rings. The molecule has 1 aliphatic rings. The summed E-state index contributed by atoms with van der Waals surface area (Å²) in [6, 6.07) is 0. The molecular weight excluding hydrogens is 442 g/mol. The van der Waals surface area contributed by atoms with Crippen molar-refractivity contribution in [2.24, 2.45) is 0 Å². The Bertz CT molecular complexity index is 786. The van der Waals surface area contributed by atoms with Gasteiger partial charge in [-0.1, -0.05) is 5.17 Å². The number of nitrogens with zero attached hydrogens (tertiary/aromatic N) is 2. The maximum atomic E-state index is 11.7. The van der Waals surface area contributed by atoms with E-state index in [9.17, 15) is 38.8 Å². The number of carbonyl (C=O) groups excluding carboxylic acids is 7. The molecule has 0 radical (unpaired) electrons. The van der Waals surface area contributed by atoms with E-state index in [1.165, 1.54) is 12.3 Å². The fourth-order valence-electron chi connectivity index (χ4n) is 2.26. The average molecular weight is 469 g/mol. The number of carbonyl (C=O) groups is 7. The third kappa shape index (κ3) is 11.9. The number of rotatable bonds is 16. The molecule has 0 spiro atoms. The van der Waals surface area contributed by atoms with Gasteiger partial charge >= 0.3 is 0 Å². The highest BCUT2D eigenvalue weighted by Gasteiger charge is 2.22. The van der Waals surface area contributed by atoms with Crippen molar-refractivity contribution in [1.82, 2.24) is 36.8 Å². The van der Waals surface area contributed by atoms with Crippen molar-refractivity contribution in [3.8, 4) is 0 Å². The molecule has 6 amide bonds. The second-order valence-electron chi connectivity index (χ2n) is 6.60. The molecule has 0 aromatic carbocycles. The van der Waals surface area contributed by atoms with Gasteiger partial charge in [0.25, 0.3) is 5.91 Å². The van der Waals surface area contributed by atoms with Crippen LogP contribution in [0.3, 0.4) is 0 Å². The Hall–Kier alpha value is -3.85. The highest BCUT2D eigenvalue weighted by Crippen LogP contribution is 2.06. The van der Waals surface area contributed by atoms with E-state index in [-0.39, 0.29) is 57.9 Å². The summed E-state index contributed by atoms with van der Waals surface area (Å²) in [5.74, 6) is -3.00. The lowest BCUT2D eigenvalue weighted by Gasteiger charge is -2.29. The Kier molecular flexibility index (Phi) is 12.4. The molecule has 0 fully saturated rings. The summed E-state index contributed by atoms with van der Waals surface area (Å²) in [5.41, 5.74) is 0. The van der Waals surface area contributed by atoms with Crippen LogP contribution in [0.15, 0.2) is 12.3 Å². The number of hydrogen-bond acceptors (Lipinski definition) is 9. The normalized spacial score (nSPS) is 11.9. The molecule has 0 saturated carbocycles. The fourth-order valence-corrected chi connectivity index (χ4v) is 2.26. The fraction of sp³-hybridized carbons (Fsp3) is 0.500. The van der Waals surface area contributed by atoms with Crippen LogP contribution >= 0.6 is 0 Å². The smallest absolute Gasteiger partial charge is 0.268 e. The van der Waals surface area contributed by atoms with Gasteiger partial charge in [0.1, 0.15) is 6.29 Å². The van der Waals surface area contributed by atoms with E-state index in [2.05, 4.69) is 26.6 Å². The van der Waals surface area contributed by atoms with Gasteiger partial charge in [-0.2, -0.15) is 0 Å². The van der Waals surface area contributed by atoms with Crippen LogP contribution in [-0.2, 0) is 33.6 Å². The van der Waals surface area contributed by atoms with E-state index < -0.39 is 36.1 Å². The van der Waals surface area contributed by atoms with Gasteiger partial charge in [-0.25, -0.2) is 5.01 Å². The van der Waals surface area contributed by atoms with Gasteiger partial charge in [0.2, 0.25) is 29.5 Å². The highest BCUT2D eigenvalue weighted by atomic mass is 16.6. The standard InChI is InChI=1S/C18H27N7O8/c26-9-6-20-13(27)2-1-3-14(28)21-11-16(30)23-12-17(31)22-10-15(29)19-5-8-25(33)24-7-4-18(24)32/h4,7,9,33H,1-3,5-6,8,10-12H2,(H,19,29)(H,20,27)(H,21,28)(H,22,31)(H,23,30). The van der Waals surface area contributed by atoms with Crippen molar-refractivity contribution in [1.29, 1.82) is 0 Å². The Balaban J connectivity index is 2.05. The van der Waals surface area contributed by atoms with Crippen molar-refractivity contribution < 1.29 is 38.8 Å². The molecule has 0 atom stereocenters. The largest absolute Gasteiger partial charge is 0.353 e. The maximum Gasteiger partial charge on any atom is 0.268 e. The lowest BCUT2D eigenvalue weighted by Crippen LogP contribution is -2.48. The van der Waals surface area contributed by atoms with E-state index in [0.717, 1.165) is 5.01 Å². The van der Waals surface area contributed by atoms with Crippen LogP contribution in [0.5, 0.6) is 0 Å². The summed E-state index contributed by atoms with van der Waals surface area (Å²) in [4.78, 5) is 79.0. The molecule has 33 heavy (non-hydrogen) atoms. The Labute approximate surface area is 188 Å². The molecule has 1 aliphatic heterocycles. The Morgan fingerprint density at radius 3 is 1.85 bits per heavy atom. The van der Waals surface area contributed by atoms with Crippen LogP contribution in [-0.4, -0.2) is 96.4 Å². The van der Waals surface area contributed by atoms with Gasteiger partial charge in [-0.15, -0.1) is 0 Å². The lowest BCUT2D eigenvalue weighted by atomic mass is 10.2. The molecule has 0 bridgehead atoms. The van der Waals surface area contributed by atoms with Gasteiger partial charge in [-0.3, -0.25) is 34.0 Å². The van der Waals surface area contributed by atoms with Gasteiger partial charge in [0.15, 0.2) is 0 Å². The van der Waals surface area contributed by atoms with Gasteiger partial charge in [0.05, 0.1) is 32.7 Å². The van der Waals surface area contributed by atoms with Crippen molar-refractivity contribution in [2.45, 2.75) is 19.3 Å². The van der Waals surface area contributed by atoms with E-state index in [0.29, 0.717) is 11.5 Å². The quantitative estimate of drug-likeness (QED) is 0.0958. The summed E-state index contributed by atoms with van der Waals surface area (Å²) in [7, 11) is 0. The summed E-state index contributed by atoms with van der Waals surface area (Å²) in [5, 5.41) is 22.8. The first-order valence-corrected chi connectivity index (χ1v) is 9.97. The lowest BCUT2D eigenvalue weighted by molar-refractivity contribution is -0.224. The first-order valence-electron chi connectivity index (χ1n) is 9.97. The number of hydrazine groups is 1. The van der Waals surface area contributed by atoms with Gasteiger partial charge in [0, 0.05) is 31.7 Å². The predicted octanol–water partition coefficient (Wildman–Crippen LogP) is -4.10. The van der Waals surface area contributed by atoms with E-state index in [1.807, 2.05) is 0 Å². The predicted molar refractivity (Wildman–Crippen MR) is 109 cm³/mol. The first-order chi connectivity index (χ1) is 15.7. The molecule has 0 aromatic heterocycles. The van der Waals surface area contributed by atoms with Crippen molar-refractivity contribution >= 4 is 41.7 Å². The minimum absolute atomic E-state index is 0.0104. The summed E-state index contributed by atoms with van der Waals surface area (Å²) in [6.07, 6.45) is 3.47. The van der Waals surface area contributed by atoms with Crippen LogP contribution < -0.4 is 26.6 Å². The maximum absolute atomic E-state index is 11.7. The van der Waals surface area contributed by atoms with E-state index >= 15 is 0 Å². The molecule has 182 valence electrons. The molecule has 0 saturated heterocycles. The number of amides is 6. The van der Waals surface area contributed by atoms with Crippen molar-refractivity contribution in [3.05, 3.63) is 12.3 Å². The second-order valence-corrected chi connectivity index (χ2v) is 6.60. The zero-order valence-corrected chi connectivity index (χ0v) is 17.8. The molecule has 0 aliphatic carbocycles. The first kappa shape index (κ1) is 27.2. The summed E-state index contributed by atoms with van der Waals surface area (Å²) >= 11 is 0. The number of aldehydes is 1. The van der Waals surface area contributed by atoms with Crippen LogP contribution in [0.25, 0.3) is 0 Å². The minimum Gasteiger partial charge on any atom is -0.353 e. The van der Waals surface area contributed by atoms with Crippen LogP contribution in [0.4, 0.5) is 0 Å². The topological polar surface area (TPSA) is 206 Å². The van der Waals surface area contributed by atoms with E-state index in [4.69, 9.17) is 0 Å². The molecule has 1 heterocycles. The zero-order valence-electron chi connectivity index (χ0n) is 17.8. The monoisotopic (exact) mass is 469 g/mol. The van der Waals surface area contributed by atoms with Crippen molar-refractivity contribution in [2.75, 3.05) is 39.3 Å². The Morgan fingerprint density at radius 2 is 1.36 bits per heavy atom. The highest BCUT2D eigenvalue weighted by molar-refractivity contribution is 5.93. The van der Waals surface area contributed by atoms with Gasteiger partial charge < -0.3 is 31.4 Å². The second kappa shape index (κ2) is 15.0. The molecule has 15 nitrogen and oxygen atoms in total. The van der Waals surface area contributed by atoms with Crippen LogP contribution in [0.1, 0.15) is 19.3 Å². The summed E-state index contributed by atoms with van der Waals surface area (Å²) in [6.45, 7) is -1.26. The van der Waals surface area contributed by atoms with Crippen LogP contribution in [0, 0.1) is 0 Å². The number of hydrogen-bond donors (Lipinski definition) is 6. The molecular formula is C18H27N7O8. The molecule has 0 unspecified atom stereocenters. The SMILES string of the molecule is O=CCNC(=O)CCCC(=O)NCC(=O)NCC(=O)NCC(=O)NCCN(O)N1C=CC1=O. The third-order valence-electron chi connectivity index (χ3n) is 4.00. The molecule has 1 rings (SSSR count). The number of hydroxylamine groups is 1. The third-order valence-corrected chi connectivity index (χ3v) is 4.00. The van der Waals surface area contributed by atoms with Crippen LogP contribution in [0.2, 0.25) is 0 Å². The Morgan fingerprint density at radius 1 is 0.848 bits per heavy atom.